The van der Waals surface area contributed by atoms with E-state index in [0.29, 0.717) is 5.92 Å². The molecule has 4 rings (SSSR count). The summed E-state index contributed by atoms with van der Waals surface area (Å²) in [6, 6.07) is 14.9. The van der Waals surface area contributed by atoms with Crippen molar-refractivity contribution in [2.24, 2.45) is 5.92 Å². The van der Waals surface area contributed by atoms with E-state index in [1.54, 1.807) is 0 Å². The number of aromatic amines is 1. The topological polar surface area (TPSA) is 39.3 Å². The van der Waals surface area contributed by atoms with Gasteiger partial charge in [0.2, 0.25) is 0 Å². The maximum absolute atomic E-state index is 13.2. The number of amides is 1. The van der Waals surface area contributed by atoms with Gasteiger partial charge in [-0.1, -0.05) is 29.8 Å². The highest BCUT2D eigenvalue weighted by molar-refractivity contribution is 6.01. The number of hydrogen-bond donors (Lipinski definition) is 1. The third kappa shape index (κ3) is 3.39. The number of carbonyl (C=O) groups excluding carboxylic acids is 1. The zero-order chi connectivity index (χ0) is 19.8. The van der Waals surface area contributed by atoms with Gasteiger partial charge < -0.3 is 14.8 Å². The second-order valence-corrected chi connectivity index (χ2v) is 8.25. The number of anilines is 1. The van der Waals surface area contributed by atoms with Gasteiger partial charge in [-0.25, -0.2) is 0 Å². The second kappa shape index (κ2) is 7.34. The van der Waals surface area contributed by atoms with Crippen LogP contribution in [0.3, 0.4) is 0 Å². The van der Waals surface area contributed by atoms with Crippen LogP contribution in [0.25, 0.3) is 10.9 Å². The number of H-pyrrole nitrogens is 1. The lowest BCUT2D eigenvalue weighted by atomic mass is 10.1. The van der Waals surface area contributed by atoms with Gasteiger partial charge in [-0.3, -0.25) is 4.79 Å². The molecule has 1 aromatic heterocycles. The van der Waals surface area contributed by atoms with Crippen LogP contribution >= 0.6 is 0 Å². The summed E-state index contributed by atoms with van der Waals surface area (Å²) in [5.74, 6) is 0.590. The van der Waals surface area contributed by atoms with Crippen molar-refractivity contribution in [3.8, 4) is 0 Å². The molecule has 0 aliphatic carbocycles. The molecule has 0 bridgehead atoms. The van der Waals surface area contributed by atoms with Crippen LogP contribution < -0.4 is 4.90 Å². The molecular formula is C24H29N3O. The fourth-order valence-corrected chi connectivity index (χ4v) is 4.51. The average molecular weight is 376 g/mol. The molecular weight excluding hydrogens is 346 g/mol. The predicted molar refractivity (Wildman–Crippen MR) is 116 cm³/mol. The molecule has 2 heterocycles. The fourth-order valence-electron chi connectivity index (χ4n) is 4.51. The Bertz CT molecular complexity index is 1010. The third-order valence-corrected chi connectivity index (χ3v) is 6.01. The molecule has 1 N–H and O–H groups in total. The Labute approximate surface area is 167 Å². The van der Waals surface area contributed by atoms with Crippen molar-refractivity contribution in [3.05, 3.63) is 64.8 Å². The number of aromatic nitrogens is 1. The molecule has 1 amide bonds. The summed E-state index contributed by atoms with van der Waals surface area (Å²) in [5.41, 5.74) is 6.55. The van der Waals surface area contributed by atoms with E-state index in [4.69, 9.17) is 0 Å². The minimum Gasteiger partial charge on any atom is -0.371 e. The highest BCUT2D eigenvalue weighted by atomic mass is 16.2. The van der Waals surface area contributed by atoms with Crippen molar-refractivity contribution in [1.29, 1.82) is 0 Å². The SMILES string of the molecule is Cc1cc(C)c2[nH]c(C(=O)N(C)C[C@@H]3CCN(c4ccccc4)C3)c(C)c2c1. The molecule has 0 saturated carbocycles. The summed E-state index contributed by atoms with van der Waals surface area (Å²) in [7, 11) is 1.93. The van der Waals surface area contributed by atoms with Gasteiger partial charge in [0.05, 0.1) is 0 Å². The van der Waals surface area contributed by atoms with Gasteiger partial charge in [-0.15, -0.1) is 0 Å². The fraction of sp³-hybridized carbons (Fsp3) is 0.375. The molecule has 28 heavy (non-hydrogen) atoms. The lowest BCUT2D eigenvalue weighted by molar-refractivity contribution is 0.0771. The monoisotopic (exact) mass is 375 g/mol. The number of para-hydroxylation sites is 1. The van der Waals surface area contributed by atoms with Gasteiger partial charge in [0.25, 0.3) is 5.91 Å². The van der Waals surface area contributed by atoms with Crippen molar-refractivity contribution < 1.29 is 4.79 Å². The number of rotatable bonds is 4. The van der Waals surface area contributed by atoms with Gasteiger partial charge >= 0.3 is 0 Å². The minimum absolute atomic E-state index is 0.0870. The lowest BCUT2D eigenvalue weighted by Gasteiger charge is -2.22. The first-order valence-electron chi connectivity index (χ1n) is 10.1. The number of hydrogen-bond acceptors (Lipinski definition) is 2. The number of benzene rings is 2. The Kier molecular flexibility index (Phi) is 4.88. The normalized spacial score (nSPS) is 16.7. The zero-order valence-electron chi connectivity index (χ0n) is 17.2. The standard InChI is InChI=1S/C24H29N3O/c1-16-12-17(2)22-21(13-16)18(3)23(25-22)24(28)26(4)14-19-10-11-27(15-19)20-8-6-5-7-9-20/h5-9,12-13,19,25H,10-11,14-15H2,1-4H3/t19-/m0/s1. The molecule has 4 heteroatoms. The third-order valence-electron chi connectivity index (χ3n) is 6.01. The van der Waals surface area contributed by atoms with Crippen LogP contribution in [0.15, 0.2) is 42.5 Å². The molecule has 1 aliphatic rings. The van der Waals surface area contributed by atoms with Crippen molar-refractivity contribution in [1.82, 2.24) is 9.88 Å². The maximum atomic E-state index is 13.2. The summed E-state index contributed by atoms with van der Waals surface area (Å²) in [4.78, 5) is 20.9. The first-order valence-corrected chi connectivity index (χ1v) is 10.1. The minimum atomic E-state index is 0.0870. The molecule has 1 saturated heterocycles. The molecule has 4 nitrogen and oxygen atoms in total. The van der Waals surface area contributed by atoms with Crippen molar-refractivity contribution in [3.63, 3.8) is 0 Å². The van der Waals surface area contributed by atoms with Crippen LogP contribution in [0.4, 0.5) is 5.69 Å². The molecule has 1 aliphatic heterocycles. The van der Waals surface area contributed by atoms with Crippen LogP contribution in [0, 0.1) is 26.7 Å². The van der Waals surface area contributed by atoms with E-state index >= 15 is 0 Å². The molecule has 1 fully saturated rings. The van der Waals surface area contributed by atoms with Gasteiger partial charge in [-0.2, -0.15) is 0 Å². The number of aryl methyl sites for hydroxylation is 3. The van der Waals surface area contributed by atoms with Crippen LogP contribution in [0.1, 0.15) is 33.6 Å². The van der Waals surface area contributed by atoms with E-state index in [2.05, 4.69) is 66.2 Å². The molecule has 0 spiro atoms. The summed E-state index contributed by atoms with van der Waals surface area (Å²) in [6.07, 6.45) is 1.12. The average Bonchev–Trinajstić information content (AvgIpc) is 3.27. The van der Waals surface area contributed by atoms with E-state index in [1.165, 1.54) is 16.8 Å². The number of carbonyl (C=O) groups is 1. The first-order chi connectivity index (χ1) is 13.4. The highest BCUT2D eigenvalue weighted by Crippen LogP contribution is 2.28. The van der Waals surface area contributed by atoms with E-state index < -0.39 is 0 Å². The molecule has 3 aromatic rings. The van der Waals surface area contributed by atoms with Gasteiger partial charge in [0, 0.05) is 43.3 Å². The van der Waals surface area contributed by atoms with Gasteiger partial charge in [-0.05, 0) is 62.4 Å². The van der Waals surface area contributed by atoms with Gasteiger partial charge in [0.1, 0.15) is 5.69 Å². The quantitative estimate of drug-likeness (QED) is 0.718. The van der Waals surface area contributed by atoms with Crippen LogP contribution in [0.2, 0.25) is 0 Å². The molecule has 1 atom stereocenters. The maximum Gasteiger partial charge on any atom is 0.270 e. The van der Waals surface area contributed by atoms with E-state index in [9.17, 15) is 4.79 Å². The van der Waals surface area contributed by atoms with Crippen LogP contribution in [0.5, 0.6) is 0 Å². The zero-order valence-corrected chi connectivity index (χ0v) is 17.2. The second-order valence-electron chi connectivity index (χ2n) is 8.25. The van der Waals surface area contributed by atoms with Gasteiger partial charge in [0.15, 0.2) is 0 Å². The lowest BCUT2D eigenvalue weighted by Crippen LogP contribution is -2.33. The molecule has 0 unspecified atom stereocenters. The summed E-state index contributed by atoms with van der Waals surface area (Å²) in [5, 5.41) is 1.16. The molecule has 146 valence electrons. The van der Waals surface area contributed by atoms with E-state index in [0.717, 1.165) is 48.2 Å². The molecule has 0 radical (unpaired) electrons. The predicted octanol–water partition coefficient (Wildman–Crippen LogP) is 4.69. The highest BCUT2D eigenvalue weighted by Gasteiger charge is 2.27. The number of nitrogens with one attached hydrogen (secondary N) is 1. The van der Waals surface area contributed by atoms with Crippen LogP contribution in [-0.4, -0.2) is 42.5 Å². The van der Waals surface area contributed by atoms with Crippen molar-refractivity contribution in [2.45, 2.75) is 27.2 Å². The largest absolute Gasteiger partial charge is 0.371 e. The Hall–Kier alpha value is -2.75. The summed E-state index contributed by atoms with van der Waals surface area (Å²) in [6.45, 7) is 9.09. The summed E-state index contributed by atoms with van der Waals surface area (Å²) < 4.78 is 0. The first kappa shape index (κ1) is 18.6. The molecule has 2 aromatic carbocycles. The Morgan fingerprint density at radius 1 is 1.18 bits per heavy atom. The van der Waals surface area contributed by atoms with Crippen LogP contribution in [-0.2, 0) is 0 Å². The van der Waals surface area contributed by atoms with Crippen molar-refractivity contribution in [2.75, 3.05) is 31.6 Å². The van der Waals surface area contributed by atoms with E-state index in [1.807, 2.05) is 18.9 Å². The Morgan fingerprint density at radius 2 is 1.93 bits per heavy atom. The van der Waals surface area contributed by atoms with E-state index in [-0.39, 0.29) is 5.91 Å². The Balaban J connectivity index is 1.48. The summed E-state index contributed by atoms with van der Waals surface area (Å²) >= 11 is 0. The smallest absolute Gasteiger partial charge is 0.270 e. The van der Waals surface area contributed by atoms with Crippen molar-refractivity contribution >= 4 is 22.5 Å². The number of fused-ring (bicyclic) bond motifs is 1. The number of nitrogens with zero attached hydrogens (tertiary/aromatic N) is 2. The Morgan fingerprint density at radius 3 is 2.68 bits per heavy atom.